The second-order valence-electron chi connectivity index (χ2n) is 9.14. The zero-order chi connectivity index (χ0) is 28.6. The Labute approximate surface area is 215 Å². The molecule has 3 aromatic rings. The van der Waals surface area contributed by atoms with Gasteiger partial charge in [-0.25, -0.2) is 14.3 Å². The van der Waals surface area contributed by atoms with Crippen molar-refractivity contribution in [3.8, 4) is 5.69 Å². The van der Waals surface area contributed by atoms with E-state index in [1.165, 1.54) is 13.0 Å². The van der Waals surface area contributed by atoms with Crippen molar-refractivity contribution >= 4 is 45.0 Å². The van der Waals surface area contributed by atoms with Crippen LogP contribution in [-0.4, -0.2) is 50.8 Å². The van der Waals surface area contributed by atoms with Gasteiger partial charge in [-0.2, -0.15) is 8.42 Å². The maximum atomic E-state index is 13.4. The molecule has 0 saturated carbocycles. The highest BCUT2D eigenvalue weighted by Gasteiger charge is 2.27. The molecular formula is C23H23N5O9S. The minimum absolute atomic E-state index is 0.106. The molecule has 0 unspecified atom stereocenters. The summed E-state index contributed by atoms with van der Waals surface area (Å²) in [6, 6.07) is 6.47. The lowest BCUT2D eigenvalue weighted by Crippen LogP contribution is -2.16. The van der Waals surface area contributed by atoms with Gasteiger partial charge in [-0.05, 0) is 36.4 Å². The largest absolute Gasteiger partial charge is 0.478 e. The number of carboxylic acid groups (broad SMARTS) is 2. The third kappa shape index (κ3) is 6.01. The number of carboxylic acids is 2. The summed E-state index contributed by atoms with van der Waals surface area (Å²) in [5.41, 5.74) is -2.81. The van der Waals surface area contributed by atoms with Gasteiger partial charge in [-0.15, -0.1) is 10.2 Å². The van der Waals surface area contributed by atoms with Crippen molar-refractivity contribution in [2.45, 2.75) is 38.0 Å². The predicted molar refractivity (Wildman–Crippen MR) is 134 cm³/mol. The monoisotopic (exact) mass is 545 g/mol. The molecule has 38 heavy (non-hydrogen) atoms. The fraction of sp³-hybridized carbons (Fsp3) is 0.217. The van der Waals surface area contributed by atoms with Gasteiger partial charge < -0.3 is 15.5 Å². The number of benzene rings is 2. The number of azo groups is 1. The molecule has 0 bridgehead atoms. The summed E-state index contributed by atoms with van der Waals surface area (Å²) in [5.74, 6) is -3.29. The minimum atomic E-state index is -4.76. The van der Waals surface area contributed by atoms with Gasteiger partial charge in [0, 0.05) is 18.0 Å². The van der Waals surface area contributed by atoms with Crippen molar-refractivity contribution < 1.29 is 37.6 Å². The first-order valence-electron chi connectivity index (χ1n) is 10.8. The number of H-pyrrole nitrogens is 1. The van der Waals surface area contributed by atoms with E-state index in [4.69, 9.17) is 0 Å². The van der Waals surface area contributed by atoms with Crippen molar-refractivity contribution in [2.24, 2.45) is 10.2 Å². The summed E-state index contributed by atoms with van der Waals surface area (Å²) in [6.07, 6.45) is 0. The van der Waals surface area contributed by atoms with Crippen LogP contribution in [0.5, 0.6) is 0 Å². The first kappa shape index (κ1) is 27.9. The Morgan fingerprint density at radius 1 is 0.974 bits per heavy atom. The summed E-state index contributed by atoms with van der Waals surface area (Å²) in [5, 5.41) is 31.8. The van der Waals surface area contributed by atoms with Crippen molar-refractivity contribution in [3.05, 3.63) is 63.6 Å². The normalized spacial score (nSPS) is 12.0. The van der Waals surface area contributed by atoms with Gasteiger partial charge >= 0.3 is 11.9 Å². The van der Waals surface area contributed by atoms with Crippen LogP contribution < -0.4 is 10.9 Å². The van der Waals surface area contributed by atoms with Crippen molar-refractivity contribution in [1.82, 2.24) is 9.78 Å². The molecule has 0 spiro atoms. The molecule has 0 fully saturated rings. The molecule has 14 nitrogen and oxygen atoms in total. The number of carbonyl (C=O) groups is 3. The van der Waals surface area contributed by atoms with E-state index in [1.54, 1.807) is 20.8 Å². The maximum absolute atomic E-state index is 13.4. The number of anilines is 1. The van der Waals surface area contributed by atoms with Crippen LogP contribution >= 0.6 is 0 Å². The average molecular weight is 546 g/mol. The van der Waals surface area contributed by atoms with Crippen molar-refractivity contribution in [2.75, 3.05) is 5.32 Å². The fourth-order valence-corrected chi connectivity index (χ4v) is 4.02. The van der Waals surface area contributed by atoms with Crippen LogP contribution in [0.2, 0.25) is 0 Å². The quantitative estimate of drug-likeness (QED) is 0.216. The Morgan fingerprint density at radius 3 is 2.03 bits per heavy atom. The van der Waals surface area contributed by atoms with Crippen LogP contribution in [0, 0.1) is 0 Å². The van der Waals surface area contributed by atoms with Gasteiger partial charge in [0.25, 0.3) is 15.7 Å². The number of aromatic nitrogens is 2. The van der Waals surface area contributed by atoms with Crippen molar-refractivity contribution in [3.63, 3.8) is 0 Å². The van der Waals surface area contributed by atoms with E-state index in [9.17, 15) is 42.4 Å². The van der Waals surface area contributed by atoms with Gasteiger partial charge in [0.05, 0.1) is 22.5 Å². The lowest BCUT2D eigenvalue weighted by Gasteiger charge is -2.16. The molecule has 1 aromatic heterocycles. The number of hydrogen-bond donors (Lipinski definition) is 5. The lowest BCUT2D eigenvalue weighted by molar-refractivity contribution is -0.114. The molecule has 0 aliphatic heterocycles. The van der Waals surface area contributed by atoms with Crippen LogP contribution in [0.25, 0.3) is 5.69 Å². The number of nitrogens with zero attached hydrogens (tertiary/aromatic N) is 3. The molecule has 0 atom stereocenters. The Kier molecular flexibility index (Phi) is 7.37. The number of nitrogens with one attached hydrogen (secondary N) is 2. The number of carbonyl (C=O) groups excluding carboxylic acids is 1. The average Bonchev–Trinajstić information content (AvgIpc) is 3.12. The number of rotatable bonds is 7. The summed E-state index contributed by atoms with van der Waals surface area (Å²) in [4.78, 5) is 47.2. The third-order valence-corrected chi connectivity index (χ3v) is 6.00. The predicted octanol–water partition coefficient (Wildman–Crippen LogP) is 3.48. The molecule has 0 saturated heterocycles. The summed E-state index contributed by atoms with van der Waals surface area (Å²) in [6.45, 7) is 6.39. The van der Waals surface area contributed by atoms with Crippen LogP contribution in [0.3, 0.4) is 0 Å². The first-order chi connectivity index (χ1) is 17.5. The SMILES string of the molecule is CC(=O)Nc1ccc(S(=O)(=O)O)c(N=Nc2c(C(C)(C)C)[nH]n(-c3cc(C(=O)O)cc(C(=O)O)c3)c2=O)c1. The number of aromatic amines is 1. The highest BCUT2D eigenvalue weighted by Crippen LogP contribution is 2.32. The van der Waals surface area contributed by atoms with Gasteiger partial charge in [0.15, 0.2) is 5.69 Å². The van der Waals surface area contributed by atoms with E-state index in [0.29, 0.717) is 0 Å². The zero-order valence-corrected chi connectivity index (χ0v) is 21.3. The first-order valence-corrected chi connectivity index (χ1v) is 12.2. The Morgan fingerprint density at radius 2 is 1.55 bits per heavy atom. The molecular weight excluding hydrogens is 522 g/mol. The van der Waals surface area contributed by atoms with Crippen LogP contribution in [-0.2, 0) is 20.3 Å². The molecule has 2 aromatic carbocycles. The topological polar surface area (TPSA) is 221 Å². The molecule has 0 aliphatic rings. The van der Waals surface area contributed by atoms with E-state index < -0.39 is 43.8 Å². The zero-order valence-electron chi connectivity index (χ0n) is 20.5. The van der Waals surface area contributed by atoms with Crippen LogP contribution in [0.4, 0.5) is 17.1 Å². The van der Waals surface area contributed by atoms with E-state index in [2.05, 4.69) is 20.6 Å². The summed E-state index contributed by atoms with van der Waals surface area (Å²) >= 11 is 0. The molecule has 1 heterocycles. The fourth-order valence-electron chi connectivity index (χ4n) is 3.41. The number of amides is 1. The number of hydrogen-bond acceptors (Lipinski definition) is 8. The molecule has 15 heteroatoms. The van der Waals surface area contributed by atoms with Gasteiger partial charge in [0.2, 0.25) is 5.91 Å². The highest BCUT2D eigenvalue weighted by atomic mass is 32.2. The Hall–Kier alpha value is -4.63. The maximum Gasteiger partial charge on any atom is 0.335 e. The lowest BCUT2D eigenvalue weighted by atomic mass is 9.91. The van der Waals surface area contributed by atoms with Gasteiger partial charge in [-0.3, -0.25) is 19.2 Å². The molecule has 1 amide bonds. The number of aromatic carboxylic acids is 2. The van der Waals surface area contributed by atoms with E-state index in [0.717, 1.165) is 35.0 Å². The minimum Gasteiger partial charge on any atom is -0.478 e. The summed E-state index contributed by atoms with van der Waals surface area (Å²) < 4.78 is 34.2. The summed E-state index contributed by atoms with van der Waals surface area (Å²) in [7, 11) is -4.76. The molecule has 200 valence electrons. The third-order valence-electron chi connectivity index (χ3n) is 5.10. The second-order valence-corrected chi connectivity index (χ2v) is 10.5. The van der Waals surface area contributed by atoms with Crippen LogP contribution in [0.1, 0.15) is 54.1 Å². The van der Waals surface area contributed by atoms with Crippen LogP contribution in [0.15, 0.2) is 56.3 Å². The second kappa shape index (κ2) is 10.0. The van der Waals surface area contributed by atoms with Crippen molar-refractivity contribution in [1.29, 1.82) is 0 Å². The van der Waals surface area contributed by atoms with E-state index in [1.807, 2.05) is 0 Å². The molecule has 3 rings (SSSR count). The smallest absolute Gasteiger partial charge is 0.335 e. The Bertz CT molecular complexity index is 1630. The molecule has 0 aliphatic carbocycles. The standard InChI is InChI=1S/C23H23N5O9S/c1-11(29)24-14-5-6-17(38(35,36)37)16(10-14)25-26-18-19(23(2,3)4)27-28(20(18)30)15-8-12(21(31)32)7-13(9-15)22(33)34/h5-10,27H,1-4H3,(H,24,29)(H,31,32)(H,33,34)(H,35,36,37). The molecule has 5 N–H and O–H groups in total. The molecule has 0 radical (unpaired) electrons. The van der Waals surface area contributed by atoms with E-state index in [-0.39, 0.29) is 39.6 Å². The van der Waals surface area contributed by atoms with Gasteiger partial charge in [0.1, 0.15) is 10.6 Å². The van der Waals surface area contributed by atoms with Gasteiger partial charge in [-0.1, -0.05) is 20.8 Å². The highest BCUT2D eigenvalue weighted by molar-refractivity contribution is 7.86. The van der Waals surface area contributed by atoms with E-state index >= 15 is 0 Å². The Balaban J connectivity index is 2.26.